The van der Waals surface area contributed by atoms with E-state index in [1.807, 2.05) is 72.9 Å². The largest absolute Gasteiger partial charge is 0.456 e. The highest BCUT2D eigenvalue weighted by molar-refractivity contribution is 6.16. The highest BCUT2D eigenvalue weighted by atomic mass is 16.3. The Kier molecular flexibility index (Phi) is 3.84. The first-order chi connectivity index (χ1) is 15.3. The molecule has 0 spiro atoms. The lowest BCUT2D eigenvalue weighted by molar-refractivity contribution is 0.671. The number of benzene rings is 4. The van der Waals surface area contributed by atoms with Gasteiger partial charge < -0.3 is 4.42 Å². The van der Waals surface area contributed by atoms with E-state index in [-0.39, 0.29) is 0 Å². The van der Waals surface area contributed by atoms with Gasteiger partial charge in [0.15, 0.2) is 5.69 Å². The molecule has 4 aromatic carbocycles. The maximum atomic E-state index is 7.68. The van der Waals surface area contributed by atoms with Crippen molar-refractivity contribution in [3.8, 4) is 22.4 Å². The van der Waals surface area contributed by atoms with Crippen LogP contribution in [0.25, 0.3) is 59.9 Å². The molecule has 0 radical (unpaired) electrons. The van der Waals surface area contributed by atoms with Crippen LogP contribution in [0.5, 0.6) is 0 Å². The maximum Gasteiger partial charge on any atom is 0.198 e. The van der Waals surface area contributed by atoms with E-state index >= 15 is 0 Å². The Balaban J connectivity index is 1.73. The Labute approximate surface area is 179 Å². The molecule has 0 saturated heterocycles. The molecule has 0 N–H and O–H groups in total. The molecule has 6 rings (SSSR count). The van der Waals surface area contributed by atoms with Gasteiger partial charge in [-0.25, -0.2) is 4.85 Å². The number of nitrogens with zero attached hydrogens (tertiary/aromatic N) is 2. The van der Waals surface area contributed by atoms with Crippen LogP contribution in [0.15, 0.2) is 102 Å². The fourth-order valence-corrected chi connectivity index (χ4v) is 4.35. The molecule has 0 aliphatic rings. The highest BCUT2D eigenvalue weighted by Crippen LogP contribution is 2.44. The minimum absolute atomic E-state index is 0.586. The van der Waals surface area contributed by atoms with Crippen molar-refractivity contribution in [2.45, 2.75) is 0 Å². The number of para-hydroxylation sites is 1. The molecule has 6 aromatic rings. The first-order valence-corrected chi connectivity index (χ1v) is 10.1. The molecule has 0 fully saturated rings. The van der Waals surface area contributed by atoms with E-state index in [1.54, 1.807) is 0 Å². The van der Waals surface area contributed by atoms with E-state index in [1.165, 1.54) is 0 Å². The van der Waals surface area contributed by atoms with Gasteiger partial charge in [0.05, 0.1) is 12.3 Å². The summed E-state index contributed by atoms with van der Waals surface area (Å²) in [5.74, 6) is 0. The van der Waals surface area contributed by atoms with Crippen LogP contribution < -0.4 is 0 Å². The number of aromatic nitrogens is 1. The van der Waals surface area contributed by atoms with E-state index in [9.17, 15) is 0 Å². The summed E-state index contributed by atoms with van der Waals surface area (Å²) in [5.41, 5.74) is 5.78. The zero-order chi connectivity index (χ0) is 20.8. The number of hydrogen-bond donors (Lipinski definition) is 0. The zero-order valence-electron chi connectivity index (χ0n) is 16.5. The first kappa shape index (κ1) is 17.4. The molecule has 0 atom stereocenters. The van der Waals surface area contributed by atoms with Gasteiger partial charge in [-0.1, -0.05) is 78.9 Å². The van der Waals surface area contributed by atoms with Gasteiger partial charge in [0.1, 0.15) is 11.2 Å². The smallest absolute Gasteiger partial charge is 0.198 e. The van der Waals surface area contributed by atoms with Crippen molar-refractivity contribution in [3.63, 3.8) is 0 Å². The van der Waals surface area contributed by atoms with E-state index in [4.69, 9.17) is 16.0 Å². The van der Waals surface area contributed by atoms with E-state index in [0.717, 1.165) is 55.1 Å². The van der Waals surface area contributed by atoms with Gasteiger partial charge in [0, 0.05) is 33.5 Å². The number of furan rings is 1. The second-order valence-electron chi connectivity index (χ2n) is 7.48. The standard InChI is InChI=1S/C28H16N2O/c1-29-24-15-14-22-21-12-7-13-23(26-20-11-6-5-8-18(20)16-17-30-26)27(21)31-28(22)25(24)19-9-3-2-4-10-19/h2-17H. The van der Waals surface area contributed by atoms with Crippen molar-refractivity contribution in [2.75, 3.05) is 0 Å². The Hall–Kier alpha value is -4.42. The number of hydrogen-bond acceptors (Lipinski definition) is 2. The van der Waals surface area contributed by atoms with Crippen molar-refractivity contribution in [3.05, 3.63) is 109 Å². The normalized spacial score (nSPS) is 11.2. The van der Waals surface area contributed by atoms with Crippen LogP contribution in [-0.4, -0.2) is 4.98 Å². The highest BCUT2D eigenvalue weighted by Gasteiger charge is 2.19. The number of fused-ring (bicyclic) bond motifs is 4. The minimum atomic E-state index is 0.586. The summed E-state index contributed by atoms with van der Waals surface area (Å²) in [6.45, 7) is 7.68. The molecule has 0 aliphatic heterocycles. The lowest BCUT2D eigenvalue weighted by Crippen LogP contribution is -1.86. The van der Waals surface area contributed by atoms with Crippen molar-refractivity contribution in [1.29, 1.82) is 0 Å². The summed E-state index contributed by atoms with van der Waals surface area (Å²) in [7, 11) is 0. The summed E-state index contributed by atoms with van der Waals surface area (Å²) in [6.07, 6.45) is 1.84. The van der Waals surface area contributed by atoms with Crippen LogP contribution in [-0.2, 0) is 0 Å². The molecule has 31 heavy (non-hydrogen) atoms. The Bertz CT molecular complexity index is 1630. The fraction of sp³-hybridized carbons (Fsp3) is 0. The van der Waals surface area contributed by atoms with Crippen LogP contribution in [0.1, 0.15) is 0 Å². The van der Waals surface area contributed by atoms with Gasteiger partial charge in [-0.2, -0.15) is 0 Å². The van der Waals surface area contributed by atoms with Crippen LogP contribution >= 0.6 is 0 Å². The molecular formula is C28H16N2O. The molecule has 3 nitrogen and oxygen atoms in total. The summed E-state index contributed by atoms with van der Waals surface area (Å²) in [6, 6.07) is 30.3. The second kappa shape index (κ2) is 6.83. The van der Waals surface area contributed by atoms with E-state index in [0.29, 0.717) is 5.69 Å². The van der Waals surface area contributed by atoms with Gasteiger partial charge in [0.25, 0.3) is 0 Å². The van der Waals surface area contributed by atoms with Crippen LogP contribution in [0.2, 0.25) is 0 Å². The maximum absolute atomic E-state index is 7.68. The molecule has 3 heteroatoms. The Morgan fingerprint density at radius 2 is 1.45 bits per heavy atom. The lowest BCUT2D eigenvalue weighted by Gasteiger charge is -2.06. The number of rotatable bonds is 2. The van der Waals surface area contributed by atoms with Gasteiger partial charge in [-0.3, -0.25) is 4.98 Å². The third-order valence-electron chi connectivity index (χ3n) is 5.76. The average Bonchev–Trinajstić information content (AvgIpc) is 3.22. The van der Waals surface area contributed by atoms with Crippen LogP contribution in [0.3, 0.4) is 0 Å². The molecule has 144 valence electrons. The lowest BCUT2D eigenvalue weighted by atomic mass is 9.99. The fourth-order valence-electron chi connectivity index (χ4n) is 4.35. The van der Waals surface area contributed by atoms with Crippen LogP contribution in [0.4, 0.5) is 5.69 Å². The topological polar surface area (TPSA) is 30.4 Å². The molecule has 0 amide bonds. The third-order valence-corrected chi connectivity index (χ3v) is 5.76. The van der Waals surface area contributed by atoms with Crippen molar-refractivity contribution in [1.82, 2.24) is 4.98 Å². The van der Waals surface area contributed by atoms with Crippen LogP contribution in [0, 0.1) is 6.57 Å². The second-order valence-corrected chi connectivity index (χ2v) is 7.48. The van der Waals surface area contributed by atoms with Crippen molar-refractivity contribution < 1.29 is 4.42 Å². The SMILES string of the molecule is [C-]#[N+]c1ccc2c(oc3c(-c4nccc5ccccc45)cccc32)c1-c1ccccc1. The summed E-state index contributed by atoms with van der Waals surface area (Å²) >= 11 is 0. The van der Waals surface area contributed by atoms with Gasteiger partial charge >= 0.3 is 0 Å². The first-order valence-electron chi connectivity index (χ1n) is 10.1. The molecule has 0 unspecified atom stereocenters. The predicted molar refractivity (Wildman–Crippen MR) is 126 cm³/mol. The molecule has 0 aliphatic carbocycles. The summed E-state index contributed by atoms with van der Waals surface area (Å²) < 4.78 is 6.53. The minimum Gasteiger partial charge on any atom is -0.456 e. The van der Waals surface area contributed by atoms with Gasteiger partial charge in [0.2, 0.25) is 0 Å². The Morgan fingerprint density at radius 1 is 0.677 bits per heavy atom. The van der Waals surface area contributed by atoms with Gasteiger partial charge in [-0.05, 0) is 23.1 Å². The Morgan fingerprint density at radius 3 is 2.32 bits per heavy atom. The molecular weight excluding hydrogens is 380 g/mol. The summed E-state index contributed by atoms with van der Waals surface area (Å²) in [4.78, 5) is 8.47. The zero-order valence-corrected chi connectivity index (χ0v) is 16.5. The molecule has 2 heterocycles. The average molecular weight is 396 g/mol. The quantitative estimate of drug-likeness (QED) is 0.277. The van der Waals surface area contributed by atoms with Crippen molar-refractivity contribution in [2.24, 2.45) is 0 Å². The van der Waals surface area contributed by atoms with E-state index < -0.39 is 0 Å². The predicted octanol–water partition coefficient (Wildman–Crippen LogP) is 8.02. The summed E-state index contributed by atoms with van der Waals surface area (Å²) in [5, 5.41) is 4.25. The molecule has 0 saturated carbocycles. The monoisotopic (exact) mass is 396 g/mol. The van der Waals surface area contributed by atoms with Gasteiger partial charge in [-0.15, -0.1) is 0 Å². The van der Waals surface area contributed by atoms with Crippen molar-refractivity contribution >= 4 is 38.4 Å². The van der Waals surface area contributed by atoms with E-state index in [2.05, 4.69) is 29.1 Å². The molecule has 0 bridgehead atoms. The third kappa shape index (κ3) is 2.63. The number of pyridine rings is 1. The molecule has 2 aromatic heterocycles.